The van der Waals surface area contributed by atoms with Crippen LogP contribution in [0.15, 0.2) is 59.0 Å². The molecule has 5 rings (SSSR count). The quantitative estimate of drug-likeness (QED) is 0.407. The normalized spacial score (nSPS) is 18.4. The molecule has 0 saturated carbocycles. The Hall–Kier alpha value is -3.31. The second-order valence-corrected chi connectivity index (χ2v) is 9.39. The van der Waals surface area contributed by atoms with E-state index in [4.69, 9.17) is 9.15 Å². The topological polar surface area (TPSA) is 64.1 Å². The number of carbonyl (C=O) groups is 1. The van der Waals surface area contributed by atoms with Crippen LogP contribution >= 0.6 is 0 Å². The van der Waals surface area contributed by atoms with Gasteiger partial charge in [0.05, 0.1) is 25.3 Å². The minimum atomic E-state index is -0.397. The molecule has 3 aromatic carbocycles. The van der Waals surface area contributed by atoms with E-state index in [9.17, 15) is 9.90 Å². The van der Waals surface area contributed by atoms with Crippen LogP contribution in [0.1, 0.15) is 47.0 Å². The van der Waals surface area contributed by atoms with Gasteiger partial charge in [-0.2, -0.15) is 0 Å². The van der Waals surface area contributed by atoms with E-state index < -0.39 is 5.97 Å². The Morgan fingerprint density at radius 1 is 1.06 bits per heavy atom. The minimum absolute atomic E-state index is 0.244. The lowest BCUT2D eigenvalue weighted by atomic mass is 9.89. The lowest BCUT2D eigenvalue weighted by molar-refractivity contribution is -0.919. The molecule has 34 heavy (non-hydrogen) atoms. The zero-order valence-corrected chi connectivity index (χ0v) is 19.9. The molecule has 0 bridgehead atoms. The molecule has 0 radical (unpaired) electrons. The number of hydrogen-bond acceptors (Lipinski definition) is 4. The summed E-state index contributed by atoms with van der Waals surface area (Å²) in [6, 6.07) is 18.4. The second kappa shape index (κ2) is 9.51. The van der Waals surface area contributed by atoms with Crippen molar-refractivity contribution in [1.29, 1.82) is 0 Å². The van der Waals surface area contributed by atoms with E-state index >= 15 is 0 Å². The maximum absolute atomic E-state index is 12.9. The highest BCUT2D eigenvalue weighted by Crippen LogP contribution is 2.41. The first-order valence-electron chi connectivity index (χ1n) is 12.3. The molecule has 1 aliphatic heterocycles. The number of esters is 1. The molecule has 4 aromatic rings. The fourth-order valence-electron chi connectivity index (χ4n) is 5.48. The summed E-state index contributed by atoms with van der Waals surface area (Å²) in [4.78, 5) is 14.3. The molecule has 1 aliphatic rings. The lowest BCUT2D eigenvalue weighted by Gasteiger charge is -2.30. The smallest absolute Gasteiger partial charge is 0.342 e. The number of hydrogen-bond donors (Lipinski definition) is 2. The first-order chi connectivity index (χ1) is 16.6. The first-order valence-corrected chi connectivity index (χ1v) is 12.3. The minimum Gasteiger partial charge on any atom is -0.507 e. The van der Waals surface area contributed by atoms with Crippen molar-refractivity contribution in [1.82, 2.24) is 0 Å². The zero-order chi connectivity index (χ0) is 23.7. The molecule has 1 fully saturated rings. The summed E-state index contributed by atoms with van der Waals surface area (Å²) in [5.74, 6) is 1.06. The van der Waals surface area contributed by atoms with Gasteiger partial charge in [-0.25, -0.2) is 4.79 Å². The molecule has 0 atom stereocenters. The number of fused-ring (bicyclic) bond motifs is 3. The summed E-state index contributed by atoms with van der Waals surface area (Å²) in [6.45, 7) is 6.61. The average Bonchev–Trinajstić information content (AvgIpc) is 3.21. The third kappa shape index (κ3) is 4.16. The van der Waals surface area contributed by atoms with E-state index in [1.165, 1.54) is 10.5 Å². The maximum Gasteiger partial charge on any atom is 0.342 e. The number of phenolic OH excluding ortho intramolecular Hbond substituents is 1. The fourth-order valence-corrected chi connectivity index (χ4v) is 5.48. The summed E-state index contributed by atoms with van der Waals surface area (Å²) in [5.41, 5.74) is 3.27. The van der Waals surface area contributed by atoms with Gasteiger partial charge in [-0.15, -0.1) is 0 Å². The van der Waals surface area contributed by atoms with Crippen LogP contribution < -0.4 is 4.90 Å². The number of benzene rings is 3. The van der Waals surface area contributed by atoms with Crippen molar-refractivity contribution in [2.45, 2.75) is 39.7 Å². The largest absolute Gasteiger partial charge is 0.507 e. The summed E-state index contributed by atoms with van der Waals surface area (Å²) in [6.07, 6.45) is 3.42. The van der Waals surface area contributed by atoms with Gasteiger partial charge in [0.15, 0.2) is 0 Å². The summed E-state index contributed by atoms with van der Waals surface area (Å²) < 4.78 is 11.5. The molecule has 1 aromatic heterocycles. The number of likely N-dealkylation sites (tertiary alicyclic amines) is 1. The summed E-state index contributed by atoms with van der Waals surface area (Å²) in [7, 11) is 0. The standard InChI is InChI=1S/C29H31NO4/c1-3-33-29(32)25-19(2)34-28-23-12-8-7-11-22(23)27(31)24(26(25)28)18-30-15-13-21(14-16-30)17-20-9-5-4-6-10-20/h4-12,21,31H,3,13-18H2,1-2H3/p+1. The van der Waals surface area contributed by atoms with Gasteiger partial charge in [-0.1, -0.05) is 54.6 Å². The van der Waals surface area contributed by atoms with Crippen molar-refractivity contribution in [3.63, 3.8) is 0 Å². The molecular formula is C29H32NO4+. The third-order valence-electron chi connectivity index (χ3n) is 7.18. The van der Waals surface area contributed by atoms with Gasteiger partial charge in [0.25, 0.3) is 0 Å². The molecular weight excluding hydrogens is 426 g/mol. The van der Waals surface area contributed by atoms with Crippen molar-refractivity contribution in [2.24, 2.45) is 5.92 Å². The molecule has 1 saturated heterocycles. The van der Waals surface area contributed by atoms with Crippen LogP contribution in [-0.2, 0) is 17.7 Å². The summed E-state index contributed by atoms with van der Waals surface area (Å²) in [5, 5.41) is 13.6. The highest BCUT2D eigenvalue weighted by Gasteiger charge is 2.30. The van der Waals surface area contributed by atoms with E-state index in [0.717, 1.165) is 48.7 Å². The number of rotatable bonds is 6. The van der Waals surface area contributed by atoms with Gasteiger partial charge in [0.2, 0.25) is 0 Å². The van der Waals surface area contributed by atoms with Crippen LogP contribution in [0.25, 0.3) is 21.7 Å². The number of quaternary nitrogens is 1. The lowest BCUT2D eigenvalue weighted by Crippen LogP contribution is -3.11. The van der Waals surface area contributed by atoms with Gasteiger partial charge in [-0.05, 0) is 44.6 Å². The van der Waals surface area contributed by atoms with Crippen molar-refractivity contribution in [3.05, 3.63) is 77.0 Å². The van der Waals surface area contributed by atoms with E-state index in [-0.39, 0.29) is 5.75 Å². The number of nitrogens with one attached hydrogen (secondary N) is 1. The van der Waals surface area contributed by atoms with Gasteiger partial charge >= 0.3 is 5.97 Å². The van der Waals surface area contributed by atoms with E-state index in [1.807, 2.05) is 24.3 Å². The Bertz CT molecular complexity index is 1320. The van der Waals surface area contributed by atoms with Crippen LogP contribution in [0.2, 0.25) is 0 Å². The predicted molar refractivity (Wildman–Crippen MR) is 133 cm³/mol. The van der Waals surface area contributed by atoms with Gasteiger partial charge < -0.3 is 19.2 Å². The van der Waals surface area contributed by atoms with Crippen LogP contribution in [0.3, 0.4) is 0 Å². The second-order valence-electron chi connectivity index (χ2n) is 9.39. The zero-order valence-electron chi connectivity index (χ0n) is 19.9. The van der Waals surface area contributed by atoms with Crippen LogP contribution in [-0.4, -0.2) is 30.8 Å². The Labute approximate surface area is 199 Å². The number of ether oxygens (including phenoxy) is 1. The van der Waals surface area contributed by atoms with E-state index in [1.54, 1.807) is 13.8 Å². The van der Waals surface area contributed by atoms with Gasteiger partial charge in [0, 0.05) is 16.2 Å². The number of phenols is 1. The van der Waals surface area contributed by atoms with Gasteiger partial charge in [-0.3, -0.25) is 0 Å². The van der Waals surface area contributed by atoms with Crippen molar-refractivity contribution in [3.8, 4) is 5.75 Å². The van der Waals surface area contributed by atoms with E-state index in [2.05, 4.69) is 30.3 Å². The predicted octanol–water partition coefficient (Wildman–Crippen LogP) is 4.81. The monoisotopic (exact) mass is 458 g/mol. The molecule has 0 spiro atoms. The fraction of sp³-hybridized carbons (Fsp3) is 0.345. The Morgan fingerprint density at radius 3 is 2.44 bits per heavy atom. The number of furan rings is 1. The number of piperidine rings is 1. The van der Waals surface area contributed by atoms with Crippen LogP contribution in [0.5, 0.6) is 5.75 Å². The summed E-state index contributed by atoms with van der Waals surface area (Å²) >= 11 is 0. The Morgan fingerprint density at radius 2 is 1.74 bits per heavy atom. The highest BCUT2D eigenvalue weighted by molar-refractivity contribution is 6.16. The number of aromatic hydroxyl groups is 1. The third-order valence-corrected chi connectivity index (χ3v) is 7.18. The molecule has 0 unspecified atom stereocenters. The first kappa shape index (κ1) is 22.5. The van der Waals surface area contributed by atoms with E-state index in [0.29, 0.717) is 41.4 Å². The molecule has 5 nitrogen and oxygen atoms in total. The SMILES string of the molecule is CCOC(=O)c1c(C)oc2c1c(C[NH+]1CCC(Cc3ccccc3)CC1)c(O)c1ccccc12. The molecule has 176 valence electrons. The maximum atomic E-state index is 12.9. The van der Waals surface area contributed by atoms with Crippen molar-refractivity contribution < 1.29 is 24.0 Å². The van der Waals surface area contributed by atoms with Crippen LogP contribution in [0.4, 0.5) is 0 Å². The van der Waals surface area contributed by atoms with Gasteiger partial charge in [0.1, 0.15) is 29.2 Å². The van der Waals surface area contributed by atoms with Crippen molar-refractivity contribution >= 4 is 27.7 Å². The molecule has 2 N–H and O–H groups in total. The average molecular weight is 459 g/mol. The van der Waals surface area contributed by atoms with Crippen LogP contribution in [0, 0.1) is 12.8 Å². The molecule has 0 aliphatic carbocycles. The Kier molecular flexibility index (Phi) is 6.29. The number of carbonyl (C=O) groups excluding carboxylic acids is 1. The molecule has 5 heteroatoms. The molecule has 2 heterocycles. The van der Waals surface area contributed by atoms with Crippen molar-refractivity contribution in [2.75, 3.05) is 19.7 Å². The number of aryl methyl sites for hydroxylation is 1. The Balaban J connectivity index is 1.47. The molecule has 0 amide bonds. The highest BCUT2D eigenvalue weighted by atomic mass is 16.5.